The number of hydrazine groups is 1. The number of amidine groups is 2. The zero-order valence-electron chi connectivity index (χ0n) is 11.8. The average Bonchev–Trinajstić information content (AvgIpc) is 2.44. The molecule has 1 heterocycles. The number of rotatable bonds is 3. The molecular formula is C13H19ClFN5. The van der Waals surface area contributed by atoms with E-state index < -0.39 is 6.17 Å². The number of aliphatic imine (C=N–C) groups is 2. The van der Waals surface area contributed by atoms with Crippen LogP contribution >= 0.6 is 11.6 Å². The third kappa shape index (κ3) is 3.45. The predicted octanol–water partition coefficient (Wildman–Crippen LogP) is 1.79. The molecule has 1 aliphatic carbocycles. The topological polar surface area (TPSA) is 52.0 Å². The number of hydrogen-bond acceptors (Lipinski definition) is 5. The fraction of sp³-hybridized carbons (Fsp3) is 0.538. The Hall–Kier alpha value is -1.24. The van der Waals surface area contributed by atoms with Crippen LogP contribution in [0.3, 0.4) is 0 Å². The monoisotopic (exact) mass is 299 g/mol. The van der Waals surface area contributed by atoms with Gasteiger partial charge in [-0.15, -0.1) is 0 Å². The van der Waals surface area contributed by atoms with Crippen LogP contribution in [0.5, 0.6) is 0 Å². The Labute approximate surface area is 123 Å². The molecule has 3 atom stereocenters. The van der Waals surface area contributed by atoms with E-state index in [0.717, 1.165) is 11.5 Å². The van der Waals surface area contributed by atoms with Crippen molar-refractivity contribution in [2.24, 2.45) is 15.9 Å². The lowest BCUT2D eigenvalue weighted by Gasteiger charge is -2.32. The third-order valence-electron chi connectivity index (χ3n) is 3.40. The number of alkyl halides is 1. The molecule has 7 heteroatoms. The van der Waals surface area contributed by atoms with Gasteiger partial charge in [0.2, 0.25) is 5.29 Å². The normalized spacial score (nSPS) is 29.9. The van der Waals surface area contributed by atoms with Crippen LogP contribution < -0.4 is 10.7 Å². The highest BCUT2D eigenvalue weighted by Gasteiger charge is 2.29. The van der Waals surface area contributed by atoms with Crippen LogP contribution in [0.1, 0.15) is 13.3 Å². The maximum absolute atomic E-state index is 13.0. The van der Waals surface area contributed by atoms with Crippen LogP contribution in [0, 0.1) is 5.92 Å². The van der Waals surface area contributed by atoms with Gasteiger partial charge in [0.15, 0.2) is 0 Å². The van der Waals surface area contributed by atoms with Crippen molar-refractivity contribution < 1.29 is 4.39 Å². The molecule has 2 N–H and O–H groups in total. The predicted molar refractivity (Wildman–Crippen MR) is 80.4 cm³/mol. The molecule has 0 bridgehead atoms. The first-order valence-electron chi connectivity index (χ1n) is 6.53. The Morgan fingerprint density at radius 1 is 1.50 bits per heavy atom. The molecule has 5 nitrogen and oxygen atoms in total. The van der Waals surface area contributed by atoms with Crippen LogP contribution in [0.4, 0.5) is 4.39 Å². The van der Waals surface area contributed by atoms with Gasteiger partial charge in [-0.2, -0.15) is 0 Å². The Morgan fingerprint density at radius 3 is 2.85 bits per heavy atom. The Bertz CT molecular complexity index is 485. The first-order chi connectivity index (χ1) is 9.51. The molecule has 2 rings (SSSR count). The highest BCUT2D eigenvalue weighted by Crippen LogP contribution is 2.19. The first-order valence-corrected chi connectivity index (χ1v) is 6.90. The maximum Gasteiger partial charge on any atom is 0.221 e. The van der Waals surface area contributed by atoms with Crippen molar-refractivity contribution in [3.63, 3.8) is 0 Å². The summed E-state index contributed by atoms with van der Waals surface area (Å²) in [6, 6.07) is 0. The lowest BCUT2D eigenvalue weighted by Crippen LogP contribution is -2.49. The molecule has 20 heavy (non-hydrogen) atoms. The van der Waals surface area contributed by atoms with E-state index in [0.29, 0.717) is 6.42 Å². The van der Waals surface area contributed by atoms with Gasteiger partial charge < -0.3 is 5.32 Å². The molecule has 0 radical (unpaired) electrons. The smallest absolute Gasteiger partial charge is 0.221 e. The number of halogens is 2. The van der Waals surface area contributed by atoms with Gasteiger partial charge in [0.25, 0.3) is 0 Å². The minimum Gasteiger partial charge on any atom is -0.344 e. The Morgan fingerprint density at radius 2 is 2.25 bits per heavy atom. The molecule has 0 fully saturated rings. The molecule has 0 saturated heterocycles. The van der Waals surface area contributed by atoms with Crippen LogP contribution in [0.25, 0.3) is 0 Å². The summed E-state index contributed by atoms with van der Waals surface area (Å²) >= 11 is 5.98. The summed E-state index contributed by atoms with van der Waals surface area (Å²) in [4.78, 5) is 8.55. The molecule has 0 aromatic rings. The summed E-state index contributed by atoms with van der Waals surface area (Å²) in [7, 11) is 3.72. The molecular weight excluding hydrogens is 281 g/mol. The zero-order valence-corrected chi connectivity index (χ0v) is 12.5. The van der Waals surface area contributed by atoms with Crippen molar-refractivity contribution in [2.75, 3.05) is 14.1 Å². The van der Waals surface area contributed by atoms with E-state index in [1.807, 2.05) is 32.1 Å². The number of hydrogen-bond donors (Lipinski definition) is 2. The second-order valence-corrected chi connectivity index (χ2v) is 5.17. The highest BCUT2D eigenvalue weighted by molar-refractivity contribution is 6.65. The number of allylic oxidation sites excluding steroid dienone is 3. The molecule has 1 unspecified atom stereocenters. The molecule has 0 spiro atoms. The summed E-state index contributed by atoms with van der Waals surface area (Å²) in [5.41, 5.74) is 3.86. The number of nitrogens with one attached hydrogen (secondary N) is 2. The first kappa shape index (κ1) is 15.2. The lowest BCUT2D eigenvalue weighted by atomic mass is 10.0. The van der Waals surface area contributed by atoms with Crippen LogP contribution in [-0.4, -0.2) is 42.6 Å². The lowest BCUT2D eigenvalue weighted by molar-refractivity contribution is 0.161. The molecule has 0 saturated carbocycles. The van der Waals surface area contributed by atoms with Gasteiger partial charge in [-0.25, -0.2) is 19.4 Å². The van der Waals surface area contributed by atoms with Gasteiger partial charge in [0, 0.05) is 19.2 Å². The summed E-state index contributed by atoms with van der Waals surface area (Å²) in [6.45, 7) is 2.02. The Kier molecular flexibility index (Phi) is 4.91. The molecule has 2 aliphatic rings. The van der Waals surface area contributed by atoms with Crippen LogP contribution in [0.2, 0.25) is 0 Å². The molecule has 0 aromatic carbocycles. The highest BCUT2D eigenvalue weighted by atomic mass is 35.5. The number of nitrogens with zero attached hydrogens (tertiary/aromatic N) is 3. The van der Waals surface area contributed by atoms with Crippen LogP contribution in [-0.2, 0) is 0 Å². The van der Waals surface area contributed by atoms with Gasteiger partial charge in [-0.05, 0) is 30.8 Å². The van der Waals surface area contributed by atoms with E-state index in [-0.39, 0.29) is 17.4 Å². The van der Waals surface area contributed by atoms with E-state index >= 15 is 0 Å². The molecule has 0 aromatic heterocycles. The second kappa shape index (κ2) is 6.47. The minimum absolute atomic E-state index is 0.0346. The second-order valence-electron chi connectivity index (χ2n) is 4.83. The van der Waals surface area contributed by atoms with Crippen LogP contribution in [0.15, 0.2) is 33.9 Å². The molecule has 110 valence electrons. The minimum atomic E-state index is -0.903. The van der Waals surface area contributed by atoms with Crippen molar-refractivity contribution in [1.82, 2.24) is 15.8 Å². The summed E-state index contributed by atoms with van der Waals surface area (Å²) < 4.78 is 13.0. The maximum atomic E-state index is 13.0. The van der Waals surface area contributed by atoms with Crippen molar-refractivity contribution in [1.29, 1.82) is 0 Å². The standard InChI is InChI=1S/C13H19ClFN5/c1-8-11(17-10-6-4-9(15)5-7-10)18-13(14)19-12(8)20(3)16-2/h4,6-9,12,16H,5H2,1-3H3,(H,17,18,19)/t8-,9-,12?/m0/s1. The van der Waals surface area contributed by atoms with E-state index in [1.54, 1.807) is 6.08 Å². The fourth-order valence-corrected chi connectivity index (χ4v) is 2.31. The average molecular weight is 300 g/mol. The van der Waals surface area contributed by atoms with Gasteiger partial charge in [0.1, 0.15) is 18.2 Å². The summed E-state index contributed by atoms with van der Waals surface area (Å²) in [6.07, 6.45) is 4.40. The van der Waals surface area contributed by atoms with Gasteiger partial charge in [-0.3, -0.25) is 5.43 Å². The van der Waals surface area contributed by atoms with Crippen molar-refractivity contribution in [3.05, 3.63) is 23.9 Å². The summed E-state index contributed by atoms with van der Waals surface area (Å²) in [5.74, 6) is 0.762. The summed E-state index contributed by atoms with van der Waals surface area (Å²) in [5, 5.41) is 5.28. The molecule has 0 amide bonds. The quantitative estimate of drug-likeness (QED) is 0.617. The Balaban J connectivity index is 2.11. The van der Waals surface area contributed by atoms with E-state index in [4.69, 9.17) is 11.6 Å². The van der Waals surface area contributed by atoms with E-state index in [9.17, 15) is 4.39 Å². The largest absolute Gasteiger partial charge is 0.344 e. The van der Waals surface area contributed by atoms with E-state index in [2.05, 4.69) is 20.7 Å². The molecule has 1 aliphatic heterocycles. The zero-order chi connectivity index (χ0) is 14.7. The SMILES string of the molecule is CNN(C)C1N=C(Cl)N=C(NC2=CC[C@@H](F)C=C2)[C@@H]1C. The van der Waals surface area contributed by atoms with Crippen molar-refractivity contribution in [2.45, 2.75) is 25.7 Å². The van der Waals surface area contributed by atoms with Crippen molar-refractivity contribution in [3.8, 4) is 0 Å². The third-order valence-corrected chi connectivity index (χ3v) is 3.58. The van der Waals surface area contributed by atoms with Crippen molar-refractivity contribution >= 4 is 22.7 Å². The van der Waals surface area contributed by atoms with Gasteiger partial charge >= 0.3 is 0 Å². The fourth-order valence-electron chi connectivity index (χ4n) is 2.12. The van der Waals surface area contributed by atoms with Gasteiger partial charge in [0.05, 0.1) is 5.92 Å². The van der Waals surface area contributed by atoms with E-state index in [1.165, 1.54) is 6.08 Å². The van der Waals surface area contributed by atoms with Gasteiger partial charge in [-0.1, -0.05) is 13.0 Å².